The normalized spacial score (nSPS) is 16.5. The highest BCUT2D eigenvalue weighted by molar-refractivity contribution is 5.94. The number of carbonyl (C=O) groups excluding carboxylic acids is 2. The largest absolute Gasteiger partial charge is 0.424 e. The van der Waals surface area contributed by atoms with Crippen LogP contribution in [0.5, 0.6) is 23.5 Å². The molecule has 2 spiro atoms. The second-order valence-corrected chi connectivity index (χ2v) is 15.8. The van der Waals surface area contributed by atoms with Crippen LogP contribution in [0, 0.1) is 11.6 Å². The van der Waals surface area contributed by atoms with Gasteiger partial charge in [-0.05, 0) is 71.8 Å². The van der Waals surface area contributed by atoms with Gasteiger partial charge in [0.25, 0.3) is 11.5 Å². The highest BCUT2D eigenvalue weighted by Gasteiger charge is 2.51. The number of carbonyl (C=O) groups is 2. The fourth-order valence-corrected chi connectivity index (χ4v) is 8.21. The first kappa shape index (κ1) is 43.2. The summed E-state index contributed by atoms with van der Waals surface area (Å²) in [6, 6.07) is 33.0. The lowest BCUT2D eigenvalue weighted by Crippen LogP contribution is -2.45. The molecule has 4 aliphatic heterocycles. The van der Waals surface area contributed by atoms with Crippen LogP contribution in [0.4, 0.5) is 8.78 Å². The molecule has 11 rings (SSSR count). The van der Waals surface area contributed by atoms with Crippen LogP contribution in [-0.2, 0) is 43.3 Å². The Kier molecular flexibility index (Phi) is 11.8. The van der Waals surface area contributed by atoms with Gasteiger partial charge in [0.2, 0.25) is 17.5 Å². The number of para-hydroxylation sites is 2. The van der Waals surface area contributed by atoms with Crippen LogP contribution in [0.1, 0.15) is 16.1 Å². The molecule has 4 aliphatic rings. The third-order valence-electron chi connectivity index (χ3n) is 11.3. The minimum absolute atomic E-state index is 0.00325. The summed E-state index contributed by atoms with van der Waals surface area (Å²) in [5.41, 5.74) is 2.54. The van der Waals surface area contributed by atoms with Gasteiger partial charge in [-0.15, -0.1) is 0 Å². The van der Waals surface area contributed by atoms with Crippen molar-refractivity contribution in [3.05, 3.63) is 167 Å². The lowest BCUT2D eigenvalue weighted by Gasteiger charge is -2.26. The molecule has 7 heterocycles. The summed E-state index contributed by atoms with van der Waals surface area (Å²) >= 11 is 0. The van der Waals surface area contributed by atoms with Crippen molar-refractivity contribution in [1.82, 2.24) is 39.3 Å². The smallest absolute Gasteiger partial charge is 0.322 e. The van der Waals surface area contributed by atoms with E-state index in [4.69, 9.17) is 28.4 Å². The van der Waals surface area contributed by atoms with Crippen molar-refractivity contribution in [2.75, 3.05) is 39.5 Å². The Morgan fingerprint density at radius 3 is 1.73 bits per heavy atom. The summed E-state index contributed by atoms with van der Waals surface area (Å²) in [5, 5.41) is 2.57. The number of ether oxygens (including phenoxy) is 6. The predicted octanol–water partition coefficient (Wildman–Crippen LogP) is 6.06. The molecule has 17 nitrogen and oxygen atoms in total. The summed E-state index contributed by atoms with van der Waals surface area (Å²) in [5.74, 6) is -2.49. The topological polar surface area (TPSA) is 174 Å². The molecule has 4 aromatic carbocycles. The fraction of sp³-hybridized carbons (Fsp3) is 0.229. The van der Waals surface area contributed by atoms with Crippen LogP contribution in [0.25, 0.3) is 22.5 Å². The van der Waals surface area contributed by atoms with Gasteiger partial charge in [0.05, 0.1) is 76.0 Å². The summed E-state index contributed by atoms with van der Waals surface area (Å²) in [6.45, 7) is 2.35. The minimum Gasteiger partial charge on any atom is -0.424 e. The van der Waals surface area contributed by atoms with Crippen molar-refractivity contribution in [3.8, 4) is 46.0 Å². The summed E-state index contributed by atoms with van der Waals surface area (Å²) in [6.07, 6.45) is 2.97. The maximum absolute atomic E-state index is 13.6. The van der Waals surface area contributed by atoms with E-state index >= 15 is 0 Å². The lowest BCUT2D eigenvalue weighted by atomic mass is 10.0. The fourth-order valence-electron chi connectivity index (χ4n) is 8.21. The van der Waals surface area contributed by atoms with Gasteiger partial charge in [-0.3, -0.25) is 19.1 Å². The van der Waals surface area contributed by atoms with Gasteiger partial charge in [-0.1, -0.05) is 60.7 Å². The SMILES string of the molecule is O=C(Cc1ccc(F)cc1)N1CC2(CN1C(=O)c1ccnc(Oc3ccccc3)n1)OCCO2.O=c1c(-c2ccc(F)cc2)c(-c2ccnc(Oc3ccccc3)n2)n2n1CC1(C2)OCCO1. The molecular weight excluding hydrogens is 871 g/mol. The summed E-state index contributed by atoms with van der Waals surface area (Å²) < 4.78 is 64.9. The van der Waals surface area contributed by atoms with Crippen molar-refractivity contribution in [3.63, 3.8) is 0 Å². The molecule has 2 amide bonds. The number of rotatable bonds is 9. The second kappa shape index (κ2) is 18.3. The maximum Gasteiger partial charge on any atom is 0.322 e. The van der Waals surface area contributed by atoms with Crippen molar-refractivity contribution in [1.29, 1.82) is 0 Å². The van der Waals surface area contributed by atoms with Crippen LogP contribution >= 0.6 is 0 Å². The standard InChI is InChI=1S/C24H21FN4O5.C24H19FN4O4/c25-18-8-6-17(7-9-18)14-21(30)28-15-24(32-12-13-33-24)16-29(28)22(31)20-10-11-26-23(27-20)34-19-4-2-1-3-5-19;25-17-8-6-16(7-9-17)20-21(28-14-24(31-12-13-32-24)15-29(28)22(20)30)19-10-11-26-23(27-19)33-18-4-2-1-3-5-18/h1-11H,12-16H2;1-11H,12-15H2. The number of hydrogen-bond acceptors (Lipinski definition) is 13. The van der Waals surface area contributed by atoms with Gasteiger partial charge in [-0.2, -0.15) is 9.97 Å². The van der Waals surface area contributed by atoms with Crippen molar-refractivity contribution < 1.29 is 46.8 Å². The quantitative estimate of drug-likeness (QED) is 0.164. The molecule has 0 aliphatic carbocycles. The molecule has 0 radical (unpaired) electrons. The second-order valence-electron chi connectivity index (χ2n) is 15.8. The van der Waals surface area contributed by atoms with Crippen LogP contribution < -0.4 is 15.0 Å². The molecule has 0 bridgehead atoms. The molecular formula is C48H40F2N8O9. The van der Waals surface area contributed by atoms with Gasteiger partial charge < -0.3 is 28.4 Å². The van der Waals surface area contributed by atoms with Gasteiger partial charge in [0, 0.05) is 12.4 Å². The van der Waals surface area contributed by atoms with E-state index in [9.17, 15) is 23.2 Å². The van der Waals surface area contributed by atoms with E-state index < -0.39 is 23.3 Å². The first-order chi connectivity index (χ1) is 32.6. The number of halogens is 2. The number of hydrogen-bond donors (Lipinski definition) is 0. The van der Waals surface area contributed by atoms with Crippen molar-refractivity contribution in [2.45, 2.75) is 31.1 Å². The molecule has 0 atom stereocenters. The lowest BCUT2D eigenvalue weighted by molar-refractivity contribution is -0.158. The van der Waals surface area contributed by atoms with E-state index in [-0.39, 0.29) is 61.1 Å². The highest BCUT2D eigenvalue weighted by atomic mass is 19.1. The highest BCUT2D eigenvalue weighted by Crippen LogP contribution is 2.37. The number of aromatic nitrogens is 6. The Labute approximate surface area is 380 Å². The Morgan fingerprint density at radius 2 is 1.12 bits per heavy atom. The number of benzene rings is 4. The molecule has 3 aromatic heterocycles. The number of fused-ring (bicyclic) bond motifs is 1. The van der Waals surface area contributed by atoms with Crippen LogP contribution in [-0.4, -0.2) is 102 Å². The third kappa shape index (κ3) is 9.12. The summed E-state index contributed by atoms with van der Waals surface area (Å²) in [7, 11) is 0. The van der Waals surface area contributed by atoms with E-state index in [0.717, 1.165) is 0 Å². The first-order valence-electron chi connectivity index (χ1n) is 21.3. The average molecular weight is 911 g/mol. The monoisotopic (exact) mass is 910 g/mol. The van der Waals surface area contributed by atoms with E-state index in [1.54, 1.807) is 65.5 Å². The minimum atomic E-state index is -1.09. The van der Waals surface area contributed by atoms with Gasteiger partial charge in [0.15, 0.2) is 0 Å². The zero-order valence-electron chi connectivity index (χ0n) is 35.6. The van der Waals surface area contributed by atoms with Crippen molar-refractivity contribution >= 4 is 11.8 Å². The first-order valence-corrected chi connectivity index (χ1v) is 21.3. The van der Waals surface area contributed by atoms with Crippen LogP contribution in [0.2, 0.25) is 0 Å². The predicted molar refractivity (Wildman–Crippen MR) is 232 cm³/mol. The van der Waals surface area contributed by atoms with E-state index in [0.29, 0.717) is 72.5 Å². The zero-order chi connectivity index (χ0) is 46.0. The van der Waals surface area contributed by atoms with Gasteiger partial charge >= 0.3 is 12.0 Å². The Balaban J connectivity index is 0.000000157. The van der Waals surface area contributed by atoms with Gasteiger partial charge in [0.1, 0.15) is 28.8 Å². The van der Waals surface area contributed by atoms with E-state index in [1.807, 2.05) is 28.9 Å². The molecule has 3 saturated heterocycles. The Morgan fingerprint density at radius 1 is 0.597 bits per heavy atom. The Hall–Kier alpha value is -7.71. The molecule has 0 saturated carbocycles. The zero-order valence-corrected chi connectivity index (χ0v) is 35.6. The Bertz CT molecular complexity index is 2960. The molecule has 19 heteroatoms. The molecule has 340 valence electrons. The number of amides is 2. The molecule has 7 aromatic rings. The van der Waals surface area contributed by atoms with Gasteiger partial charge in [-0.25, -0.2) is 33.4 Å². The maximum atomic E-state index is 13.6. The average Bonchev–Trinajstić information content (AvgIpc) is 4.20. The van der Waals surface area contributed by atoms with Crippen LogP contribution in [0.3, 0.4) is 0 Å². The molecule has 0 unspecified atom stereocenters. The summed E-state index contributed by atoms with van der Waals surface area (Å²) in [4.78, 5) is 57.2. The third-order valence-corrected chi connectivity index (χ3v) is 11.3. The van der Waals surface area contributed by atoms with E-state index in [2.05, 4.69) is 19.9 Å². The van der Waals surface area contributed by atoms with E-state index in [1.165, 1.54) is 58.7 Å². The molecule has 67 heavy (non-hydrogen) atoms. The molecule has 0 N–H and O–H groups in total. The number of nitrogens with zero attached hydrogens (tertiary/aromatic N) is 8. The van der Waals surface area contributed by atoms with Crippen LogP contribution in [0.15, 0.2) is 139 Å². The number of hydrazine groups is 1. The molecule has 3 fully saturated rings. The van der Waals surface area contributed by atoms with Crippen molar-refractivity contribution in [2.24, 2.45) is 0 Å².